The Hall–Kier alpha value is -2.34. The predicted molar refractivity (Wildman–Crippen MR) is 94.2 cm³/mol. The lowest BCUT2D eigenvalue weighted by Gasteiger charge is -2.07. The van der Waals surface area contributed by atoms with Gasteiger partial charge in [-0.05, 0) is 43.2 Å². The molecule has 0 bridgehead atoms. The molecule has 0 aliphatic heterocycles. The standard InChI is InChI=1S/C18H20N2O3S/c1-11-3-8-16(24-11)14-9-15(14)17(21)20-13-6-4-12(5-7-13)10-19-18(22)23-2/h3-8,14-15H,9-10H2,1-2H3,(H,19,22)(H,20,21). The third-order valence-electron chi connectivity index (χ3n) is 4.10. The number of carbonyl (C=O) groups is 2. The SMILES string of the molecule is COC(=O)NCc1ccc(NC(=O)C2CC2c2ccc(C)s2)cc1. The fraction of sp³-hybridized carbons (Fsp3) is 0.333. The van der Waals surface area contributed by atoms with Crippen LogP contribution in [0, 0.1) is 12.8 Å². The lowest BCUT2D eigenvalue weighted by molar-refractivity contribution is -0.117. The van der Waals surface area contributed by atoms with E-state index < -0.39 is 6.09 Å². The Labute approximate surface area is 145 Å². The van der Waals surface area contributed by atoms with E-state index in [4.69, 9.17) is 0 Å². The molecule has 6 heteroatoms. The molecule has 0 spiro atoms. The van der Waals surface area contributed by atoms with Crippen LogP contribution in [-0.4, -0.2) is 19.1 Å². The van der Waals surface area contributed by atoms with E-state index in [1.807, 2.05) is 24.3 Å². The van der Waals surface area contributed by atoms with Gasteiger partial charge in [0.05, 0.1) is 7.11 Å². The average Bonchev–Trinajstić information content (AvgIpc) is 3.28. The maximum atomic E-state index is 12.3. The Balaban J connectivity index is 1.51. The summed E-state index contributed by atoms with van der Waals surface area (Å²) in [5.74, 6) is 0.516. The highest BCUT2D eigenvalue weighted by Crippen LogP contribution is 2.50. The van der Waals surface area contributed by atoms with Crippen molar-refractivity contribution < 1.29 is 14.3 Å². The molecule has 1 aromatic carbocycles. The Morgan fingerprint density at radius 3 is 2.58 bits per heavy atom. The fourth-order valence-electron chi connectivity index (χ4n) is 2.64. The second kappa shape index (κ2) is 7.05. The first-order chi connectivity index (χ1) is 11.6. The van der Waals surface area contributed by atoms with E-state index in [1.54, 1.807) is 11.3 Å². The Morgan fingerprint density at radius 1 is 1.21 bits per heavy atom. The molecule has 0 radical (unpaired) electrons. The zero-order chi connectivity index (χ0) is 17.1. The van der Waals surface area contributed by atoms with E-state index in [1.165, 1.54) is 16.9 Å². The molecular formula is C18H20N2O3S. The number of anilines is 1. The van der Waals surface area contributed by atoms with Gasteiger partial charge in [0.15, 0.2) is 0 Å². The van der Waals surface area contributed by atoms with Gasteiger partial charge in [0.2, 0.25) is 5.91 Å². The molecule has 5 nitrogen and oxygen atoms in total. The largest absolute Gasteiger partial charge is 0.453 e. The van der Waals surface area contributed by atoms with Crippen LogP contribution >= 0.6 is 11.3 Å². The van der Waals surface area contributed by atoms with Gasteiger partial charge in [-0.15, -0.1) is 11.3 Å². The summed E-state index contributed by atoms with van der Waals surface area (Å²) in [6.45, 7) is 2.48. The zero-order valence-electron chi connectivity index (χ0n) is 13.7. The number of hydrogen-bond acceptors (Lipinski definition) is 4. The molecule has 126 valence electrons. The van der Waals surface area contributed by atoms with Crippen molar-refractivity contribution in [3.63, 3.8) is 0 Å². The van der Waals surface area contributed by atoms with Crippen molar-refractivity contribution in [2.45, 2.75) is 25.8 Å². The van der Waals surface area contributed by atoms with Crippen LogP contribution in [0.3, 0.4) is 0 Å². The quantitative estimate of drug-likeness (QED) is 0.870. The number of thiophene rings is 1. The number of alkyl carbamates (subject to hydrolysis) is 1. The van der Waals surface area contributed by atoms with Crippen molar-refractivity contribution in [3.05, 3.63) is 51.7 Å². The normalized spacial score (nSPS) is 18.8. The summed E-state index contributed by atoms with van der Waals surface area (Å²) in [6, 6.07) is 11.7. The number of amides is 2. The molecule has 1 fully saturated rings. The summed E-state index contributed by atoms with van der Waals surface area (Å²) in [5, 5.41) is 5.58. The zero-order valence-corrected chi connectivity index (χ0v) is 14.5. The van der Waals surface area contributed by atoms with Gasteiger partial charge in [0, 0.05) is 33.8 Å². The fourth-order valence-corrected chi connectivity index (χ4v) is 3.70. The highest BCUT2D eigenvalue weighted by molar-refractivity contribution is 7.12. The van der Waals surface area contributed by atoms with Crippen LogP contribution in [0.15, 0.2) is 36.4 Å². The molecule has 2 unspecified atom stereocenters. The molecule has 3 rings (SSSR count). The van der Waals surface area contributed by atoms with E-state index >= 15 is 0 Å². The third-order valence-corrected chi connectivity index (χ3v) is 5.23. The van der Waals surface area contributed by atoms with Gasteiger partial charge in [-0.3, -0.25) is 4.79 Å². The smallest absolute Gasteiger partial charge is 0.407 e. The Bertz CT molecular complexity index is 739. The van der Waals surface area contributed by atoms with Crippen LogP contribution in [0.25, 0.3) is 0 Å². The van der Waals surface area contributed by atoms with Crippen molar-refractivity contribution >= 4 is 29.0 Å². The molecule has 2 N–H and O–H groups in total. The number of aryl methyl sites for hydroxylation is 1. The topological polar surface area (TPSA) is 67.4 Å². The summed E-state index contributed by atoms with van der Waals surface area (Å²) < 4.78 is 4.52. The van der Waals surface area contributed by atoms with E-state index in [0.29, 0.717) is 12.5 Å². The molecule has 24 heavy (non-hydrogen) atoms. The highest BCUT2D eigenvalue weighted by atomic mass is 32.1. The van der Waals surface area contributed by atoms with Gasteiger partial charge in [-0.1, -0.05) is 12.1 Å². The van der Waals surface area contributed by atoms with E-state index in [9.17, 15) is 9.59 Å². The highest BCUT2D eigenvalue weighted by Gasteiger charge is 2.44. The number of rotatable bonds is 5. The van der Waals surface area contributed by atoms with Crippen LogP contribution in [-0.2, 0) is 16.1 Å². The lowest BCUT2D eigenvalue weighted by atomic mass is 10.2. The van der Waals surface area contributed by atoms with Crippen molar-refractivity contribution in [2.24, 2.45) is 5.92 Å². The predicted octanol–water partition coefficient (Wildman–Crippen LogP) is 3.65. The lowest BCUT2D eigenvalue weighted by Crippen LogP contribution is -2.22. The first-order valence-electron chi connectivity index (χ1n) is 7.85. The van der Waals surface area contributed by atoms with Crippen molar-refractivity contribution in [1.82, 2.24) is 5.32 Å². The molecule has 1 saturated carbocycles. The minimum atomic E-state index is -0.462. The van der Waals surface area contributed by atoms with Gasteiger partial charge in [0.1, 0.15) is 0 Å². The average molecular weight is 344 g/mol. The number of nitrogens with one attached hydrogen (secondary N) is 2. The monoisotopic (exact) mass is 344 g/mol. The third kappa shape index (κ3) is 3.94. The molecule has 1 aliphatic rings. The number of hydrogen-bond donors (Lipinski definition) is 2. The van der Waals surface area contributed by atoms with Gasteiger partial charge in [-0.2, -0.15) is 0 Å². The number of carbonyl (C=O) groups excluding carboxylic acids is 2. The Morgan fingerprint density at radius 2 is 1.96 bits per heavy atom. The summed E-state index contributed by atoms with van der Waals surface area (Å²) in [7, 11) is 1.33. The molecule has 1 aromatic heterocycles. The van der Waals surface area contributed by atoms with E-state index in [0.717, 1.165) is 17.7 Å². The molecule has 2 atom stereocenters. The first-order valence-corrected chi connectivity index (χ1v) is 8.66. The number of methoxy groups -OCH3 is 1. The summed E-state index contributed by atoms with van der Waals surface area (Å²) in [4.78, 5) is 26.0. The Kier molecular flexibility index (Phi) is 4.85. The van der Waals surface area contributed by atoms with Crippen LogP contribution in [0.5, 0.6) is 0 Å². The number of benzene rings is 1. The van der Waals surface area contributed by atoms with Crippen LogP contribution in [0.1, 0.15) is 27.7 Å². The number of ether oxygens (including phenoxy) is 1. The molecule has 1 heterocycles. The van der Waals surface area contributed by atoms with Gasteiger partial charge >= 0.3 is 6.09 Å². The molecule has 0 saturated heterocycles. The van der Waals surface area contributed by atoms with Gasteiger partial charge in [0.25, 0.3) is 0 Å². The van der Waals surface area contributed by atoms with Crippen LogP contribution < -0.4 is 10.6 Å². The minimum absolute atomic E-state index is 0.0729. The van der Waals surface area contributed by atoms with Crippen molar-refractivity contribution in [2.75, 3.05) is 12.4 Å². The first kappa shape index (κ1) is 16.5. The van der Waals surface area contributed by atoms with E-state index in [-0.39, 0.29) is 11.8 Å². The summed E-state index contributed by atoms with van der Waals surface area (Å²) >= 11 is 1.77. The maximum Gasteiger partial charge on any atom is 0.407 e. The second-order valence-electron chi connectivity index (χ2n) is 5.93. The molecule has 2 amide bonds. The minimum Gasteiger partial charge on any atom is -0.453 e. The van der Waals surface area contributed by atoms with Gasteiger partial charge in [-0.25, -0.2) is 4.79 Å². The molecular weight excluding hydrogens is 324 g/mol. The second-order valence-corrected chi connectivity index (χ2v) is 7.25. The molecule has 1 aliphatic carbocycles. The van der Waals surface area contributed by atoms with Crippen LogP contribution in [0.4, 0.5) is 10.5 Å². The van der Waals surface area contributed by atoms with Crippen molar-refractivity contribution in [3.8, 4) is 0 Å². The summed E-state index contributed by atoms with van der Waals surface area (Å²) in [5.41, 5.74) is 1.71. The van der Waals surface area contributed by atoms with Gasteiger partial charge < -0.3 is 15.4 Å². The summed E-state index contributed by atoms with van der Waals surface area (Å²) in [6.07, 6.45) is 0.461. The van der Waals surface area contributed by atoms with Crippen molar-refractivity contribution in [1.29, 1.82) is 0 Å². The van der Waals surface area contributed by atoms with E-state index in [2.05, 4.69) is 34.4 Å². The van der Waals surface area contributed by atoms with Crippen LogP contribution in [0.2, 0.25) is 0 Å². The maximum absolute atomic E-state index is 12.3. The molecule has 2 aromatic rings.